The SMILES string of the molecule is CCOc1ccc(C(=O)/C=C/c2cc(OC(C)(C)C)cc(OC(C)(C)C)c2C(C)(C)C)cc1. The van der Waals surface area contributed by atoms with Crippen molar-refractivity contribution in [3.63, 3.8) is 0 Å². The summed E-state index contributed by atoms with van der Waals surface area (Å²) < 4.78 is 18.0. The molecule has 0 heterocycles. The molecule has 0 saturated carbocycles. The van der Waals surface area contributed by atoms with E-state index in [4.69, 9.17) is 14.2 Å². The lowest BCUT2D eigenvalue weighted by molar-refractivity contribution is 0.104. The van der Waals surface area contributed by atoms with Crippen LogP contribution in [0.1, 0.15) is 90.7 Å². The highest BCUT2D eigenvalue weighted by atomic mass is 16.5. The number of carbonyl (C=O) groups is 1. The van der Waals surface area contributed by atoms with Crippen LogP contribution in [0.2, 0.25) is 0 Å². The summed E-state index contributed by atoms with van der Waals surface area (Å²) in [5.74, 6) is 2.16. The summed E-state index contributed by atoms with van der Waals surface area (Å²) >= 11 is 0. The maximum Gasteiger partial charge on any atom is 0.185 e. The molecule has 0 unspecified atom stereocenters. The summed E-state index contributed by atoms with van der Waals surface area (Å²) in [5, 5.41) is 0. The molecule has 0 atom stereocenters. The zero-order valence-corrected chi connectivity index (χ0v) is 22.0. The number of ketones is 1. The van der Waals surface area contributed by atoms with E-state index in [2.05, 4.69) is 20.8 Å². The first-order valence-electron chi connectivity index (χ1n) is 11.6. The number of benzene rings is 2. The maximum absolute atomic E-state index is 12.9. The van der Waals surface area contributed by atoms with Gasteiger partial charge in [-0.15, -0.1) is 0 Å². The average Bonchev–Trinajstić information content (AvgIpc) is 2.63. The zero-order valence-electron chi connectivity index (χ0n) is 22.0. The van der Waals surface area contributed by atoms with E-state index in [9.17, 15) is 4.79 Å². The van der Waals surface area contributed by atoms with Crippen molar-refractivity contribution >= 4 is 11.9 Å². The van der Waals surface area contributed by atoms with Crippen molar-refractivity contribution in [1.82, 2.24) is 0 Å². The molecule has 2 aromatic rings. The number of ether oxygens (including phenoxy) is 3. The van der Waals surface area contributed by atoms with Gasteiger partial charge in [0.1, 0.15) is 28.5 Å². The first-order valence-corrected chi connectivity index (χ1v) is 11.6. The molecule has 4 nitrogen and oxygen atoms in total. The molecule has 0 N–H and O–H groups in total. The Labute approximate surface area is 200 Å². The van der Waals surface area contributed by atoms with Gasteiger partial charge in [0, 0.05) is 17.2 Å². The van der Waals surface area contributed by atoms with Crippen molar-refractivity contribution in [2.24, 2.45) is 0 Å². The van der Waals surface area contributed by atoms with Gasteiger partial charge in [-0.1, -0.05) is 26.8 Å². The Hall–Kier alpha value is -2.75. The Bertz CT molecular complexity index is 978. The Morgan fingerprint density at radius 1 is 0.818 bits per heavy atom. The first kappa shape index (κ1) is 26.5. The second-order valence-electron chi connectivity index (χ2n) is 11.2. The summed E-state index contributed by atoms with van der Waals surface area (Å²) in [7, 11) is 0. The van der Waals surface area contributed by atoms with Gasteiger partial charge in [-0.25, -0.2) is 0 Å². The minimum absolute atomic E-state index is 0.0710. The van der Waals surface area contributed by atoms with E-state index < -0.39 is 0 Å². The lowest BCUT2D eigenvalue weighted by Crippen LogP contribution is -2.27. The van der Waals surface area contributed by atoms with Crippen molar-refractivity contribution in [1.29, 1.82) is 0 Å². The second-order valence-corrected chi connectivity index (χ2v) is 11.2. The van der Waals surface area contributed by atoms with Crippen molar-refractivity contribution in [2.75, 3.05) is 6.61 Å². The van der Waals surface area contributed by atoms with Crippen LogP contribution in [0.3, 0.4) is 0 Å². The normalized spacial score (nSPS) is 12.7. The number of hydrogen-bond acceptors (Lipinski definition) is 4. The smallest absolute Gasteiger partial charge is 0.185 e. The molecule has 0 aliphatic heterocycles. The van der Waals surface area contributed by atoms with Gasteiger partial charge in [-0.2, -0.15) is 0 Å². The fourth-order valence-corrected chi connectivity index (χ4v) is 3.51. The molecule has 0 fully saturated rings. The molecule has 33 heavy (non-hydrogen) atoms. The van der Waals surface area contributed by atoms with E-state index >= 15 is 0 Å². The molecule has 0 aliphatic carbocycles. The molecule has 0 bridgehead atoms. The van der Waals surface area contributed by atoms with Gasteiger partial charge in [-0.05, 0) is 95.9 Å². The highest BCUT2D eigenvalue weighted by Gasteiger charge is 2.27. The van der Waals surface area contributed by atoms with Crippen molar-refractivity contribution < 1.29 is 19.0 Å². The van der Waals surface area contributed by atoms with Crippen LogP contribution >= 0.6 is 0 Å². The average molecular weight is 453 g/mol. The lowest BCUT2D eigenvalue weighted by Gasteiger charge is -2.31. The van der Waals surface area contributed by atoms with Gasteiger partial charge in [0.2, 0.25) is 0 Å². The Kier molecular flexibility index (Phi) is 8.05. The third-order valence-electron chi connectivity index (χ3n) is 4.56. The van der Waals surface area contributed by atoms with Crippen LogP contribution in [0.4, 0.5) is 0 Å². The van der Waals surface area contributed by atoms with Gasteiger partial charge in [0.15, 0.2) is 5.78 Å². The molecular formula is C29H40O4. The standard InChI is InChI=1S/C29H40O4/c1-11-31-22-15-12-20(13-16-22)24(30)17-14-21-18-23(32-28(5,6)7)19-25(33-29(8,9)10)26(21)27(2,3)4/h12-19H,11H2,1-10H3/b17-14+. The number of carbonyl (C=O) groups excluding carboxylic acids is 1. The topological polar surface area (TPSA) is 44.8 Å². The number of hydrogen-bond donors (Lipinski definition) is 0. The molecule has 0 saturated heterocycles. The van der Waals surface area contributed by atoms with Crippen LogP contribution in [0, 0.1) is 0 Å². The van der Waals surface area contributed by atoms with Gasteiger partial charge in [0.05, 0.1) is 6.61 Å². The summed E-state index contributed by atoms with van der Waals surface area (Å²) in [4.78, 5) is 12.9. The van der Waals surface area contributed by atoms with Crippen molar-refractivity contribution in [3.8, 4) is 17.2 Å². The fourth-order valence-electron chi connectivity index (χ4n) is 3.51. The summed E-state index contributed by atoms with van der Waals surface area (Å²) in [6, 6.07) is 11.2. The monoisotopic (exact) mass is 452 g/mol. The first-order chi connectivity index (χ1) is 15.1. The quantitative estimate of drug-likeness (QED) is 0.320. The lowest BCUT2D eigenvalue weighted by atomic mass is 9.82. The van der Waals surface area contributed by atoms with E-state index in [-0.39, 0.29) is 22.4 Å². The Morgan fingerprint density at radius 3 is 1.88 bits per heavy atom. The molecular weight excluding hydrogens is 412 g/mol. The van der Waals surface area contributed by atoms with Crippen LogP contribution in [-0.2, 0) is 5.41 Å². The van der Waals surface area contributed by atoms with E-state index in [1.54, 1.807) is 18.2 Å². The summed E-state index contributed by atoms with van der Waals surface area (Å²) in [5.41, 5.74) is 1.61. The molecule has 0 radical (unpaired) electrons. The van der Waals surface area contributed by atoms with Gasteiger partial charge >= 0.3 is 0 Å². The minimum atomic E-state index is -0.376. The number of allylic oxidation sites excluding steroid dienone is 1. The van der Waals surface area contributed by atoms with Crippen LogP contribution < -0.4 is 14.2 Å². The molecule has 2 aromatic carbocycles. The van der Waals surface area contributed by atoms with E-state index in [0.717, 1.165) is 22.6 Å². The molecule has 0 amide bonds. The highest BCUT2D eigenvalue weighted by molar-refractivity contribution is 6.07. The van der Waals surface area contributed by atoms with Crippen molar-refractivity contribution in [2.45, 2.75) is 85.9 Å². The van der Waals surface area contributed by atoms with Gasteiger partial charge in [0.25, 0.3) is 0 Å². The Balaban J connectivity index is 2.54. The fraction of sp³-hybridized carbons (Fsp3) is 0.483. The predicted octanol–water partition coefficient (Wildman–Crippen LogP) is 7.63. The molecule has 2 rings (SSSR count). The summed E-state index contributed by atoms with van der Waals surface area (Å²) in [6.07, 6.45) is 3.48. The predicted molar refractivity (Wildman–Crippen MR) is 137 cm³/mol. The molecule has 4 heteroatoms. The molecule has 180 valence electrons. The molecule has 0 spiro atoms. The van der Waals surface area contributed by atoms with Gasteiger partial charge in [-0.3, -0.25) is 4.79 Å². The highest BCUT2D eigenvalue weighted by Crippen LogP contribution is 2.40. The molecule has 0 aliphatic rings. The third kappa shape index (κ3) is 8.27. The Morgan fingerprint density at radius 2 is 1.39 bits per heavy atom. The zero-order chi connectivity index (χ0) is 25.0. The maximum atomic E-state index is 12.9. The summed E-state index contributed by atoms with van der Waals surface area (Å²) in [6.45, 7) is 21.1. The minimum Gasteiger partial charge on any atom is -0.494 e. The van der Waals surface area contributed by atoms with E-state index in [1.807, 2.05) is 78.8 Å². The van der Waals surface area contributed by atoms with Gasteiger partial charge < -0.3 is 14.2 Å². The van der Waals surface area contributed by atoms with Crippen LogP contribution in [-0.4, -0.2) is 23.6 Å². The third-order valence-corrected chi connectivity index (χ3v) is 4.56. The van der Waals surface area contributed by atoms with Crippen molar-refractivity contribution in [3.05, 3.63) is 59.2 Å². The molecule has 0 aromatic heterocycles. The van der Waals surface area contributed by atoms with Crippen LogP contribution in [0.25, 0.3) is 6.08 Å². The van der Waals surface area contributed by atoms with Crippen LogP contribution in [0.15, 0.2) is 42.5 Å². The van der Waals surface area contributed by atoms with E-state index in [0.29, 0.717) is 17.9 Å². The number of rotatable bonds is 7. The second kappa shape index (κ2) is 10.0. The van der Waals surface area contributed by atoms with E-state index in [1.165, 1.54) is 0 Å². The largest absolute Gasteiger partial charge is 0.494 e. The van der Waals surface area contributed by atoms with Crippen LogP contribution in [0.5, 0.6) is 17.2 Å².